The molecule has 0 aliphatic carbocycles. The average Bonchev–Trinajstić information content (AvgIpc) is 2.71. The van der Waals surface area contributed by atoms with Crippen LogP contribution in [0.1, 0.15) is 66.4 Å². The Kier molecular flexibility index (Phi) is 12.3. The zero-order valence-corrected chi connectivity index (χ0v) is 20.9. The molecule has 34 heavy (non-hydrogen) atoms. The number of carbonyl (C=O) groups is 4. The fourth-order valence-corrected chi connectivity index (χ4v) is 2.98. The molecule has 2 atom stereocenters. The average molecular weight is 480 g/mol. The molecule has 0 aliphatic rings. The number of carbonyl (C=O) groups excluding carboxylic acids is 3. The van der Waals surface area contributed by atoms with E-state index in [1.165, 1.54) is 12.1 Å². The van der Waals surface area contributed by atoms with E-state index in [-0.39, 0.29) is 61.5 Å². The van der Waals surface area contributed by atoms with Crippen molar-refractivity contribution < 1.29 is 38.5 Å². The maximum atomic E-state index is 12.3. The number of benzene rings is 1. The van der Waals surface area contributed by atoms with E-state index in [1.807, 2.05) is 27.7 Å². The zero-order chi connectivity index (χ0) is 25.8. The molecule has 0 fully saturated rings. The van der Waals surface area contributed by atoms with Crippen molar-refractivity contribution in [2.75, 3.05) is 6.54 Å². The maximum Gasteiger partial charge on any atom is 0.321 e. The van der Waals surface area contributed by atoms with Crippen LogP contribution in [0.3, 0.4) is 0 Å². The van der Waals surface area contributed by atoms with Crippen LogP contribution in [0.4, 0.5) is 0 Å². The van der Waals surface area contributed by atoms with Gasteiger partial charge in [-0.3, -0.25) is 19.2 Å². The van der Waals surface area contributed by atoms with Gasteiger partial charge in [-0.05, 0) is 42.9 Å². The van der Waals surface area contributed by atoms with E-state index in [9.17, 15) is 24.3 Å². The van der Waals surface area contributed by atoms with Gasteiger partial charge in [-0.25, -0.2) is 0 Å². The second kappa shape index (κ2) is 14.3. The second-order valence-corrected chi connectivity index (χ2v) is 9.08. The first-order valence-corrected chi connectivity index (χ1v) is 11.6. The van der Waals surface area contributed by atoms with E-state index in [0.29, 0.717) is 5.56 Å². The van der Waals surface area contributed by atoms with Gasteiger partial charge in [-0.15, -0.1) is 0 Å². The molecular weight excluding hydrogens is 442 g/mol. The predicted octanol–water partition coefficient (Wildman–Crippen LogP) is 3.52. The summed E-state index contributed by atoms with van der Waals surface area (Å²) in [4.78, 5) is 47.6. The van der Waals surface area contributed by atoms with Crippen molar-refractivity contribution in [1.29, 1.82) is 0 Å². The summed E-state index contributed by atoms with van der Waals surface area (Å²) in [5.41, 5.74) is 0.564. The van der Waals surface area contributed by atoms with Crippen LogP contribution in [0.25, 0.3) is 0 Å². The van der Waals surface area contributed by atoms with Crippen LogP contribution in [0.15, 0.2) is 18.2 Å². The lowest BCUT2D eigenvalue weighted by molar-refractivity contribution is -0.147. The molecule has 0 saturated carbocycles. The third-order valence-electron chi connectivity index (χ3n) is 4.62. The first-order valence-electron chi connectivity index (χ1n) is 11.6. The van der Waals surface area contributed by atoms with Crippen molar-refractivity contribution in [2.24, 2.45) is 11.8 Å². The fourth-order valence-electron chi connectivity index (χ4n) is 2.98. The SMILES string of the molecule is CCC(=O)OC(C)CN[C@@H](Cc1ccc(OC(=O)CC(C)C)c(OC(=O)CC(C)C)c1)C(=O)O. The number of hydrogen-bond acceptors (Lipinski definition) is 8. The van der Waals surface area contributed by atoms with Crippen LogP contribution in [0.5, 0.6) is 11.5 Å². The lowest BCUT2D eigenvalue weighted by atomic mass is 10.0. The molecule has 0 spiro atoms. The number of nitrogens with one attached hydrogen (secondary N) is 1. The van der Waals surface area contributed by atoms with Gasteiger partial charge in [0.1, 0.15) is 12.1 Å². The molecule has 1 aromatic carbocycles. The Hall–Kier alpha value is -2.94. The van der Waals surface area contributed by atoms with Crippen LogP contribution >= 0.6 is 0 Å². The molecular formula is C25H37NO8. The van der Waals surface area contributed by atoms with Gasteiger partial charge < -0.3 is 24.6 Å². The molecule has 1 rings (SSSR count). The Morgan fingerprint density at radius 3 is 1.94 bits per heavy atom. The molecule has 0 aromatic heterocycles. The predicted molar refractivity (Wildman–Crippen MR) is 126 cm³/mol. The van der Waals surface area contributed by atoms with Gasteiger partial charge in [0, 0.05) is 25.8 Å². The smallest absolute Gasteiger partial charge is 0.321 e. The van der Waals surface area contributed by atoms with Crippen molar-refractivity contribution in [2.45, 2.75) is 79.4 Å². The summed E-state index contributed by atoms with van der Waals surface area (Å²) in [7, 11) is 0. The first-order chi connectivity index (χ1) is 15.9. The Bertz CT molecular complexity index is 849. The molecule has 0 heterocycles. The molecule has 1 aromatic rings. The number of carboxylic acid groups (broad SMARTS) is 1. The van der Waals surface area contributed by atoms with E-state index < -0.39 is 30.1 Å². The number of aliphatic carboxylic acids is 1. The summed E-state index contributed by atoms with van der Waals surface area (Å²) in [6.45, 7) is 11.0. The monoisotopic (exact) mass is 479 g/mol. The summed E-state index contributed by atoms with van der Waals surface area (Å²) in [5.74, 6) is -2.04. The van der Waals surface area contributed by atoms with Crippen LogP contribution in [0, 0.1) is 11.8 Å². The van der Waals surface area contributed by atoms with Gasteiger partial charge >= 0.3 is 23.9 Å². The highest BCUT2D eigenvalue weighted by Gasteiger charge is 2.22. The summed E-state index contributed by atoms with van der Waals surface area (Å²) in [6, 6.07) is 3.65. The highest BCUT2D eigenvalue weighted by Crippen LogP contribution is 2.30. The number of rotatable bonds is 14. The topological polar surface area (TPSA) is 128 Å². The molecule has 9 heteroatoms. The summed E-state index contributed by atoms with van der Waals surface area (Å²) >= 11 is 0. The highest BCUT2D eigenvalue weighted by molar-refractivity contribution is 5.77. The lowest BCUT2D eigenvalue weighted by Crippen LogP contribution is -2.42. The molecule has 2 N–H and O–H groups in total. The Morgan fingerprint density at radius 2 is 1.44 bits per heavy atom. The Morgan fingerprint density at radius 1 is 0.882 bits per heavy atom. The van der Waals surface area contributed by atoms with Gasteiger partial charge in [0.15, 0.2) is 11.5 Å². The molecule has 0 amide bonds. The number of hydrogen-bond donors (Lipinski definition) is 2. The van der Waals surface area contributed by atoms with Crippen molar-refractivity contribution in [3.8, 4) is 11.5 Å². The first kappa shape index (κ1) is 29.1. The molecule has 9 nitrogen and oxygen atoms in total. The van der Waals surface area contributed by atoms with Gasteiger partial charge in [-0.1, -0.05) is 40.7 Å². The van der Waals surface area contributed by atoms with Crippen LogP contribution in [-0.2, 0) is 30.3 Å². The third-order valence-corrected chi connectivity index (χ3v) is 4.62. The van der Waals surface area contributed by atoms with Gasteiger partial charge in [0.05, 0.1) is 0 Å². The Balaban J connectivity index is 3.03. The van der Waals surface area contributed by atoms with Crippen LogP contribution in [0.2, 0.25) is 0 Å². The number of ether oxygens (including phenoxy) is 3. The van der Waals surface area contributed by atoms with Gasteiger partial charge in [-0.2, -0.15) is 0 Å². The third kappa shape index (κ3) is 11.3. The molecule has 0 radical (unpaired) electrons. The lowest BCUT2D eigenvalue weighted by Gasteiger charge is -2.19. The Labute approximate surface area is 201 Å². The van der Waals surface area contributed by atoms with Crippen LogP contribution < -0.4 is 14.8 Å². The second-order valence-electron chi connectivity index (χ2n) is 9.08. The molecule has 0 aliphatic heterocycles. The molecule has 0 saturated heterocycles. The minimum atomic E-state index is -1.08. The molecule has 1 unspecified atom stereocenters. The van der Waals surface area contributed by atoms with E-state index in [1.54, 1.807) is 19.9 Å². The van der Waals surface area contributed by atoms with Gasteiger partial charge in [0.2, 0.25) is 0 Å². The zero-order valence-electron chi connectivity index (χ0n) is 20.9. The molecule has 190 valence electrons. The van der Waals surface area contributed by atoms with Crippen molar-refractivity contribution in [3.05, 3.63) is 23.8 Å². The van der Waals surface area contributed by atoms with Gasteiger partial charge in [0.25, 0.3) is 0 Å². The number of carboxylic acids is 1. The van der Waals surface area contributed by atoms with Crippen molar-refractivity contribution in [1.82, 2.24) is 5.32 Å². The fraction of sp³-hybridized carbons (Fsp3) is 0.600. The largest absolute Gasteiger partial charge is 0.480 e. The maximum absolute atomic E-state index is 12.3. The minimum absolute atomic E-state index is 0.0645. The molecule has 0 bridgehead atoms. The summed E-state index contributed by atoms with van der Waals surface area (Å²) < 4.78 is 16.0. The normalized spacial score (nSPS) is 12.8. The van der Waals surface area contributed by atoms with E-state index in [2.05, 4.69) is 5.32 Å². The van der Waals surface area contributed by atoms with E-state index in [4.69, 9.17) is 14.2 Å². The van der Waals surface area contributed by atoms with Crippen molar-refractivity contribution >= 4 is 23.9 Å². The summed E-state index contributed by atoms with van der Waals surface area (Å²) in [6.07, 6.45) is 0.187. The van der Waals surface area contributed by atoms with Crippen LogP contribution in [-0.4, -0.2) is 47.7 Å². The summed E-state index contributed by atoms with van der Waals surface area (Å²) in [5, 5.41) is 12.5. The number of esters is 3. The quantitative estimate of drug-likeness (QED) is 0.304. The van der Waals surface area contributed by atoms with E-state index >= 15 is 0 Å². The highest BCUT2D eigenvalue weighted by atomic mass is 16.6. The minimum Gasteiger partial charge on any atom is -0.480 e. The van der Waals surface area contributed by atoms with E-state index in [0.717, 1.165) is 0 Å². The van der Waals surface area contributed by atoms with Crippen molar-refractivity contribution in [3.63, 3.8) is 0 Å². The standard InChI is InChI=1S/C25H37NO8/c1-7-22(27)32-17(6)14-26-19(25(30)31)12-18-8-9-20(33-23(28)10-15(2)3)21(13-18)34-24(29)11-16(4)5/h8-9,13,15-17,19,26H,7,10-12,14H2,1-6H3,(H,30,31)/t17?,19-/m0/s1.